The Hall–Kier alpha value is -1.08. The van der Waals surface area contributed by atoms with Crippen molar-refractivity contribution in [3.8, 4) is 0 Å². The van der Waals surface area contributed by atoms with Gasteiger partial charge in [0.25, 0.3) is 0 Å². The predicted octanol–water partition coefficient (Wildman–Crippen LogP) is 2.01. The molecule has 5 nitrogen and oxygen atoms in total. The number of aromatic nitrogens is 1. The molecule has 0 bridgehead atoms. The van der Waals surface area contributed by atoms with Crippen LogP contribution >= 0.6 is 23.1 Å². The maximum absolute atomic E-state index is 11.8. The molecule has 0 aliphatic rings. The van der Waals surface area contributed by atoms with Crippen LogP contribution in [0.25, 0.3) is 0 Å². The molecule has 1 aromatic rings. The Morgan fingerprint density at radius 2 is 2.26 bits per heavy atom. The van der Waals surface area contributed by atoms with Gasteiger partial charge in [-0.25, -0.2) is 4.98 Å². The summed E-state index contributed by atoms with van der Waals surface area (Å²) < 4.78 is 0. The van der Waals surface area contributed by atoms with E-state index in [1.165, 1.54) is 4.90 Å². The molecule has 0 spiro atoms. The second-order valence-electron chi connectivity index (χ2n) is 3.96. The zero-order valence-electron chi connectivity index (χ0n) is 11.1. The van der Waals surface area contributed by atoms with Gasteiger partial charge in [-0.3, -0.25) is 9.59 Å². The van der Waals surface area contributed by atoms with E-state index >= 15 is 0 Å². The van der Waals surface area contributed by atoms with Crippen molar-refractivity contribution < 1.29 is 14.7 Å². The van der Waals surface area contributed by atoms with Crippen LogP contribution < -0.4 is 0 Å². The molecule has 0 aromatic carbocycles. The number of carboxylic acid groups (broad SMARTS) is 1. The van der Waals surface area contributed by atoms with E-state index in [0.29, 0.717) is 18.7 Å². The van der Waals surface area contributed by atoms with Gasteiger partial charge in [0.05, 0.1) is 10.7 Å². The van der Waals surface area contributed by atoms with Gasteiger partial charge in [-0.05, 0) is 13.8 Å². The minimum Gasteiger partial charge on any atom is -0.480 e. The number of aryl methyl sites for hydroxylation is 1. The summed E-state index contributed by atoms with van der Waals surface area (Å²) in [6.07, 6.45) is 0.370. The number of aliphatic carboxylic acids is 1. The van der Waals surface area contributed by atoms with Gasteiger partial charge >= 0.3 is 5.97 Å². The molecule has 1 amide bonds. The lowest BCUT2D eigenvalue weighted by molar-refractivity contribution is -0.144. The number of nitrogens with zero attached hydrogens (tertiary/aromatic N) is 2. The lowest BCUT2D eigenvalue weighted by Crippen LogP contribution is -2.35. The molecule has 0 unspecified atom stereocenters. The molecule has 0 aliphatic heterocycles. The second kappa shape index (κ2) is 8.16. The van der Waals surface area contributed by atoms with Gasteiger partial charge in [-0.15, -0.1) is 11.3 Å². The van der Waals surface area contributed by atoms with Gasteiger partial charge in [0.15, 0.2) is 0 Å². The summed E-state index contributed by atoms with van der Waals surface area (Å²) in [5, 5.41) is 11.7. The standard InChI is InChI=1S/C12H18N2O3S2/c1-3-14(6-12(16)17)11(15)4-5-18-7-10-8-19-9(2)13-10/h8H,3-7H2,1-2H3,(H,16,17). The fourth-order valence-electron chi connectivity index (χ4n) is 1.51. The molecule has 106 valence electrons. The molecule has 0 radical (unpaired) electrons. The number of amides is 1. The van der Waals surface area contributed by atoms with Crippen molar-refractivity contribution in [2.45, 2.75) is 26.0 Å². The maximum Gasteiger partial charge on any atom is 0.323 e. The third-order valence-electron chi connectivity index (χ3n) is 2.44. The van der Waals surface area contributed by atoms with Gasteiger partial charge in [-0.1, -0.05) is 0 Å². The molecule has 1 N–H and O–H groups in total. The highest BCUT2D eigenvalue weighted by Gasteiger charge is 2.14. The number of likely N-dealkylation sites (N-methyl/N-ethyl adjacent to an activating group) is 1. The van der Waals surface area contributed by atoms with Gasteiger partial charge in [-0.2, -0.15) is 11.8 Å². The molecule has 0 saturated carbocycles. The highest BCUT2D eigenvalue weighted by Crippen LogP contribution is 2.16. The van der Waals surface area contributed by atoms with Crippen molar-refractivity contribution in [1.29, 1.82) is 0 Å². The van der Waals surface area contributed by atoms with Crippen LogP contribution in [0.4, 0.5) is 0 Å². The fourth-order valence-corrected chi connectivity index (χ4v) is 3.05. The molecule has 1 heterocycles. The van der Waals surface area contributed by atoms with E-state index in [1.807, 2.05) is 12.3 Å². The molecule has 0 aliphatic carbocycles. The van der Waals surface area contributed by atoms with Crippen LogP contribution in [0.1, 0.15) is 24.0 Å². The van der Waals surface area contributed by atoms with Crippen LogP contribution in [0.15, 0.2) is 5.38 Å². The van der Waals surface area contributed by atoms with E-state index in [4.69, 9.17) is 5.11 Å². The molecule has 0 fully saturated rings. The molecular formula is C12H18N2O3S2. The summed E-state index contributed by atoms with van der Waals surface area (Å²) in [6.45, 7) is 3.96. The third kappa shape index (κ3) is 6.07. The van der Waals surface area contributed by atoms with Crippen molar-refractivity contribution in [2.24, 2.45) is 0 Å². The van der Waals surface area contributed by atoms with Gasteiger partial charge < -0.3 is 10.0 Å². The van der Waals surface area contributed by atoms with Crippen LogP contribution in [-0.2, 0) is 15.3 Å². The minimum atomic E-state index is -0.971. The number of carboxylic acids is 1. The summed E-state index contributed by atoms with van der Waals surface area (Å²) in [7, 11) is 0. The SMILES string of the molecule is CCN(CC(=O)O)C(=O)CCSCc1csc(C)n1. The predicted molar refractivity (Wildman–Crippen MR) is 77.5 cm³/mol. The number of hydrogen-bond acceptors (Lipinski definition) is 5. The van der Waals surface area contributed by atoms with E-state index in [1.54, 1.807) is 30.0 Å². The maximum atomic E-state index is 11.8. The number of rotatable bonds is 8. The van der Waals surface area contributed by atoms with Crippen molar-refractivity contribution >= 4 is 35.0 Å². The first kappa shape index (κ1) is 16.0. The first-order valence-corrected chi connectivity index (χ1v) is 8.04. The Labute approximate surface area is 121 Å². The Morgan fingerprint density at radius 1 is 1.53 bits per heavy atom. The number of carbonyl (C=O) groups is 2. The summed E-state index contributed by atoms with van der Waals surface area (Å²) in [6, 6.07) is 0. The molecule has 7 heteroatoms. The highest BCUT2D eigenvalue weighted by atomic mass is 32.2. The molecule has 0 saturated heterocycles. The third-order valence-corrected chi connectivity index (χ3v) is 4.25. The van der Waals surface area contributed by atoms with E-state index in [-0.39, 0.29) is 12.5 Å². The normalized spacial score (nSPS) is 10.4. The number of carbonyl (C=O) groups excluding carboxylic acids is 1. The Kier molecular flexibility index (Phi) is 6.86. The number of thiazole rings is 1. The van der Waals surface area contributed by atoms with E-state index < -0.39 is 5.97 Å². The van der Waals surface area contributed by atoms with Crippen LogP contribution in [0.2, 0.25) is 0 Å². The Bertz CT molecular complexity index is 434. The zero-order chi connectivity index (χ0) is 14.3. The smallest absolute Gasteiger partial charge is 0.323 e. The summed E-state index contributed by atoms with van der Waals surface area (Å²) in [4.78, 5) is 28.0. The van der Waals surface area contributed by atoms with Crippen LogP contribution in [0.5, 0.6) is 0 Å². The average Bonchev–Trinajstić information content (AvgIpc) is 2.77. The largest absolute Gasteiger partial charge is 0.480 e. The lowest BCUT2D eigenvalue weighted by atomic mass is 10.4. The second-order valence-corrected chi connectivity index (χ2v) is 6.13. The molecular weight excluding hydrogens is 284 g/mol. The van der Waals surface area contributed by atoms with Crippen molar-refractivity contribution in [1.82, 2.24) is 9.88 Å². The highest BCUT2D eigenvalue weighted by molar-refractivity contribution is 7.98. The van der Waals surface area contributed by atoms with Crippen molar-refractivity contribution in [3.63, 3.8) is 0 Å². The fraction of sp³-hybridized carbons (Fsp3) is 0.583. The van der Waals surface area contributed by atoms with E-state index in [0.717, 1.165) is 16.5 Å². The lowest BCUT2D eigenvalue weighted by Gasteiger charge is -2.18. The summed E-state index contributed by atoms with van der Waals surface area (Å²) in [5.74, 6) is 0.404. The molecule has 1 rings (SSSR count). The first-order valence-electron chi connectivity index (χ1n) is 6.01. The number of thioether (sulfide) groups is 1. The monoisotopic (exact) mass is 302 g/mol. The van der Waals surface area contributed by atoms with Gasteiger partial charge in [0.1, 0.15) is 6.54 Å². The van der Waals surface area contributed by atoms with E-state index in [9.17, 15) is 9.59 Å². The Balaban J connectivity index is 2.24. The van der Waals surface area contributed by atoms with Crippen molar-refractivity contribution in [3.05, 3.63) is 16.1 Å². The Morgan fingerprint density at radius 3 is 2.79 bits per heavy atom. The van der Waals surface area contributed by atoms with Crippen molar-refractivity contribution in [2.75, 3.05) is 18.8 Å². The summed E-state index contributed by atoms with van der Waals surface area (Å²) >= 11 is 3.26. The summed E-state index contributed by atoms with van der Waals surface area (Å²) in [5.41, 5.74) is 1.04. The minimum absolute atomic E-state index is 0.105. The van der Waals surface area contributed by atoms with Crippen LogP contribution in [-0.4, -0.2) is 45.7 Å². The molecule has 1 aromatic heterocycles. The van der Waals surface area contributed by atoms with Gasteiger partial charge in [0.2, 0.25) is 5.91 Å². The molecule has 19 heavy (non-hydrogen) atoms. The topological polar surface area (TPSA) is 70.5 Å². The number of hydrogen-bond donors (Lipinski definition) is 1. The van der Waals surface area contributed by atoms with Crippen LogP contribution in [0.3, 0.4) is 0 Å². The van der Waals surface area contributed by atoms with Gasteiger partial charge in [0, 0.05) is 29.9 Å². The van der Waals surface area contributed by atoms with E-state index in [2.05, 4.69) is 4.98 Å². The van der Waals surface area contributed by atoms with Crippen LogP contribution in [0, 0.1) is 6.92 Å². The quantitative estimate of drug-likeness (QED) is 0.744. The average molecular weight is 302 g/mol. The zero-order valence-corrected chi connectivity index (χ0v) is 12.7. The molecule has 0 atom stereocenters. The first-order chi connectivity index (χ1) is 9.02.